The van der Waals surface area contributed by atoms with Crippen molar-refractivity contribution in [3.05, 3.63) is 11.9 Å². The summed E-state index contributed by atoms with van der Waals surface area (Å²) in [7, 11) is 0. The summed E-state index contributed by atoms with van der Waals surface area (Å²) in [6.45, 7) is 1.86. The summed E-state index contributed by atoms with van der Waals surface area (Å²) in [6, 6.07) is 0. The van der Waals surface area contributed by atoms with E-state index in [1.807, 2.05) is 5.01 Å². The van der Waals surface area contributed by atoms with Crippen molar-refractivity contribution in [3.8, 4) is 0 Å². The van der Waals surface area contributed by atoms with Crippen LogP contribution in [0.2, 0.25) is 0 Å². The summed E-state index contributed by atoms with van der Waals surface area (Å²) in [5, 5.41) is 1.89. The lowest BCUT2D eigenvalue weighted by Crippen LogP contribution is -2.34. The van der Waals surface area contributed by atoms with Gasteiger partial charge in [-0.1, -0.05) is 0 Å². The van der Waals surface area contributed by atoms with E-state index in [0.717, 1.165) is 19.5 Å². The number of hydrogen-bond acceptors (Lipinski definition) is 4. The minimum absolute atomic E-state index is 0.152. The van der Waals surface area contributed by atoms with E-state index in [2.05, 4.69) is 10.4 Å². The molecule has 0 atom stereocenters. The Morgan fingerprint density at radius 2 is 2.50 bits per heavy atom. The Hall–Kier alpha value is -1.16. The summed E-state index contributed by atoms with van der Waals surface area (Å²) in [4.78, 5) is 15.3. The van der Waals surface area contributed by atoms with Crippen molar-refractivity contribution < 1.29 is 4.79 Å². The number of hydrazine groups is 1. The Kier molecular flexibility index (Phi) is 1.91. The number of nitrogens with zero attached hydrogens (tertiary/aromatic N) is 2. The first-order chi connectivity index (χ1) is 5.88. The molecule has 0 unspecified atom stereocenters. The third kappa shape index (κ3) is 1.25. The quantitative estimate of drug-likeness (QED) is 0.598. The fourth-order valence-corrected chi connectivity index (χ4v) is 1.39. The lowest BCUT2D eigenvalue weighted by molar-refractivity contribution is -0.116. The third-order valence-corrected chi connectivity index (χ3v) is 2.02. The number of ketones is 1. The van der Waals surface area contributed by atoms with Gasteiger partial charge in [-0.15, -0.1) is 0 Å². The molecular formula is C8H11N3O. The highest BCUT2D eigenvalue weighted by Gasteiger charge is 2.20. The molecule has 0 aromatic heterocycles. The average molecular weight is 165 g/mol. The number of carbonyl (C=O) groups excluding carboxylic acids is 1. The van der Waals surface area contributed by atoms with Gasteiger partial charge < -0.3 is 5.01 Å². The van der Waals surface area contributed by atoms with E-state index in [4.69, 9.17) is 0 Å². The Bertz CT molecular complexity index is 251. The van der Waals surface area contributed by atoms with Gasteiger partial charge in [0.05, 0.1) is 6.20 Å². The summed E-state index contributed by atoms with van der Waals surface area (Å²) in [5.41, 5.74) is 3.83. The number of Topliss-reactive ketones (excluding diaryl/α,β-unsaturated/α-hetero) is 1. The van der Waals surface area contributed by atoms with Crippen LogP contribution in [-0.2, 0) is 4.79 Å². The van der Waals surface area contributed by atoms with Crippen molar-refractivity contribution in [2.45, 2.75) is 12.8 Å². The smallest absolute Gasteiger partial charge is 0.187 e. The number of hydrogen-bond donors (Lipinski definition) is 1. The molecule has 0 aliphatic carbocycles. The van der Waals surface area contributed by atoms with Gasteiger partial charge in [0.15, 0.2) is 5.78 Å². The van der Waals surface area contributed by atoms with Crippen LogP contribution < -0.4 is 5.43 Å². The Morgan fingerprint density at radius 1 is 1.58 bits per heavy atom. The van der Waals surface area contributed by atoms with E-state index in [0.29, 0.717) is 12.1 Å². The highest BCUT2D eigenvalue weighted by atomic mass is 16.1. The minimum atomic E-state index is 0.152. The van der Waals surface area contributed by atoms with Crippen molar-refractivity contribution in [1.82, 2.24) is 10.4 Å². The predicted molar refractivity (Wildman–Crippen MR) is 45.5 cm³/mol. The number of nitrogens with one attached hydrogen (secondary N) is 1. The van der Waals surface area contributed by atoms with Crippen LogP contribution in [-0.4, -0.2) is 30.1 Å². The van der Waals surface area contributed by atoms with Gasteiger partial charge in [0.2, 0.25) is 0 Å². The van der Waals surface area contributed by atoms with Crippen LogP contribution in [0.3, 0.4) is 0 Å². The molecule has 1 N–H and O–H groups in total. The number of aliphatic imine (C=N–C) groups is 1. The fourth-order valence-electron chi connectivity index (χ4n) is 1.39. The molecule has 0 aromatic carbocycles. The van der Waals surface area contributed by atoms with Crippen molar-refractivity contribution in [2.75, 3.05) is 13.1 Å². The first-order valence-electron chi connectivity index (χ1n) is 4.14. The molecule has 0 amide bonds. The van der Waals surface area contributed by atoms with Gasteiger partial charge in [-0.3, -0.25) is 9.79 Å². The van der Waals surface area contributed by atoms with Gasteiger partial charge in [0.25, 0.3) is 0 Å². The van der Waals surface area contributed by atoms with E-state index < -0.39 is 0 Å². The Morgan fingerprint density at radius 3 is 3.17 bits per heavy atom. The van der Waals surface area contributed by atoms with Crippen molar-refractivity contribution in [1.29, 1.82) is 0 Å². The molecule has 4 nitrogen and oxygen atoms in total. The van der Waals surface area contributed by atoms with Gasteiger partial charge in [-0.2, -0.15) is 0 Å². The minimum Gasteiger partial charge on any atom is -0.304 e. The second-order valence-electron chi connectivity index (χ2n) is 2.89. The molecule has 0 radical (unpaired) electrons. The molecule has 64 valence electrons. The van der Waals surface area contributed by atoms with Gasteiger partial charge in [-0.05, 0) is 6.42 Å². The van der Waals surface area contributed by atoms with E-state index >= 15 is 0 Å². The van der Waals surface area contributed by atoms with Crippen LogP contribution in [0.5, 0.6) is 0 Å². The predicted octanol–water partition coefficient (Wildman–Crippen LogP) is 0.0817. The molecular weight excluding hydrogens is 154 g/mol. The normalized spacial score (nSPS) is 23.2. The Balaban J connectivity index is 2.14. The van der Waals surface area contributed by atoms with Gasteiger partial charge in [0.1, 0.15) is 5.70 Å². The van der Waals surface area contributed by atoms with E-state index in [-0.39, 0.29) is 5.78 Å². The molecule has 2 heterocycles. The van der Waals surface area contributed by atoms with Gasteiger partial charge in [0, 0.05) is 25.7 Å². The van der Waals surface area contributed by atoms with Crippen LogP contribution in [0.25, 0.3) is 0 Å². The number of carbonyl (C=O) groups is 1. The largest absolute Gasteiger partial charge is 0.304 e. The molecule has 2 aliphatic rings. The lowest BCUT2D eigenvalue weighted by atomic mass is 10.2. The maximum Gasteiger partial charge on any atom is 0.187 e. The topological polar surface area (TPSA) is 44.7 Å². The maximum absolute atomic E-state index is 11.3. The standard InChI is InChI=1S/C8H11N3O/c12-8-2-4-9-6-7(8)11-5-1-3-10-11/h4,6,10H,1-3,5H2. The van der Waals surface area contributed by atoms with Crippen LogP contribution in [0.4, 0.5) is 0 Å². The first-order valence-corrected chi connectivity index (χ1v) is 4.14. The summed E-state index contributed by atoms with van der Waals surface area (Å²) >= 11 is 0. The van der Waals surface area contributed by atoms with E-state index in [1.54, 1.807) is 12.4 Å². The zero-order chi connectivity index (χ0) is 8.39. The van der Waals surface area contributed by atoms with Crippen molar-refractivity contribution in [2.24, 2.45) is 4.99 Å². The maximum atomic E-state index is 11.3. The average Bonchev–Trinajstić information content (AvgIpc) is 2.57. The lowest BCUT2D eigenvalue weighted by Gasteiger charge is -2.20. The molecule has 0 spiro atoms. The molecule has 0 aromatic rings. The molecule has 4 heteroatoms. The molecule has 0 saturated carbocycles. The second-order valence-corrected chi connectivity index (χ2v) is 2.89. The SMILES string of the molecule is O=C1CC=NC=C1N1CCCN1. The summed E-state index contributed by atoms with van der Waals surface area (Å²) in [6.07, 6.45) is 4.80. The van der Waals surface area contributed by atoms with Crippen LogP contribution >= 0.6 is 0 Å². The zero-order valence-corrected chi connectivity index (χ0v) is 6.79. The molecule has 2 aliphatic heterocycles. The highest BCUT2D eigenvalue weighted by molar-refractivity contribution is 6.04. The summed E-state index contributed by atoms with van der Waals surface area (Å²) in [5.74, 6) is 0.152. The van der Waals surface area contributed by atoms with E-state index in [9.17, 15) is 4.79 Å². The number of allylic oxidation sites excluding steroid dienone is 1. The number of rotatable bonds is 1. The van der Waals surface area contributed by atoms with Crippen LogP contribution in [0, 0.1) is 0 Å². The van der Waals surface area contributed by atoms with Crippen molar-refractivity contribution in [3.63, 3.8) is 0 Å². The zero-order valence-electron chi connectivity index (χ0n) is 6.79. The van der Waals surface area contributed by atoms with E-state index in [1.165, 1.54) is 0 Å². The molecule has 1 saturated heterocycles. The van der Waals surface area contributed by atoms with Crippen LogP contribution in [0.15, 0.2) is 16.9 Å². The third-order valence-electron chi connectivity index (χ3n) is 2.02. The van der Waals surface area contributed by atoms with Gasteiger partial charge in [-0.25, -0.2) is 5.43 Å². The van der Waals surface area contributed by atoms with Crippen LogP contribution in [0.1, 0.15) is 12.8 Å². The molecule has 12 heavy (non-hydrogen) atoms. The molecule has 1 fully saturated rings. The summed E-state index contributed by atoms with van der Waals surface area (Å²) < 4.78 is 0. The van der Waals surface area contributed by atoms with Crippen molar-refractivity contribution >= 4 is 12.0 Å². The second kappa shape index (κ2) is 3.06. The Labute approximate surface area is 70.9 Å². The van der Waals surface area contributed by atoms with Gasteiger partial charge >= 0.3 is 0 Å². The monoisotopic (exact) mass is 165 g/mol. The first kappa shape index (κ1) is 7.49. The fraction of sp³-hybridized carbons (Fsp3) is 0.500. The highest BCUT2D eigenvalue weighted by Crippen LogP contribution is 2.12. The molecule has 0 bridgehead atoms. The molecule has 2 rings (SSSR count).